The molecule has 1 aliphatic rings. The first-order valence-corrected chi connectivity index (χ1v) is 6.25. The molecule has 0 amide bonds. The van der Waals surface area contributed by atoms with Gasteiger partial charge in [0.1, 0.15) is 5.75 Å². The lowest BCUT2D eigenvalue weighted by molar-refractivity contribution is 0.348. The second kappa shape index (κ2) is 4.52. The second-order valence-corrected chi connectivity index (χ2v) is 5.14. The molecule has 1 atom stereocenters. The zero-order chi connectivity index (χ0) is 13.5. The van der Waals surface area contributed by atoms with Gasteiger partial charge < -0.3 is 20.3 Å². The highest BCUT2D eigenvalue weighted by Crippen LogP contribution is 2.58. The lowest BCUT2D eigenvalue weighted by atomic mass is 9.88. The summed E-state index contributed by atoms with van der Waals surface area (Å²) in [5, 5.41) is 10.6. The van der Waals surface area contributed by atoms with Crippen molar-refractivity contribution in [1.82, 2.24) is 0 Å². The smallest absolute Gasteiger partial charge is 0.179 e. The van der Waals surface area contributed by atoms with Crippen LogP contribution in [0, 0.1) is 0 Å². The van der Waals surface area contributed by atoms with E-state index in [1.807, 2.05) is 6.92 Å². The predicted octanol–water partition coefficient (Wildman–Crippen LogP) is 2.44. The van der Waals surface area contributed by atoms with E-state index in [2.05, 4.69) is 0 Å². The van der Waals surface area contributed by atoms with Crippen LogP contribution < -0.4 is 15.2 Å². The summed E-state index contributed by atoms with van der Waals surface area (Å²) in [4.78, 5) is 0. The van der Waals surface area contributed by atoms with Crippen molar-refractivity contribution in [3.05, 3.63) is 16.7 Å². The number of aromatic hydroxyl groups is 1. The van der Waals surface area contributed by atoms with E-state index in [4.69, 9.17) is 26.8 Å². The lowest BCUT2D eigenvalue weighted by Gasteiger charge is -2.24. The third-order valence-corrected chi connectivity index (χ3v) is 4.11. The number of rotatable bonds is 4. The monoisotopic (exact) mass is 271 g/mol. The van der Waals surface area contributed by atoms with Gasteiger partial charge in [0, 0.05) is 23.1 Å². The van der Waals surface area contributed by atoms with Crippen LogP contribution in [-0.2, 0) is 5.41 Å². The minimum absolute atomic E-state index is 0.0704. The Morgan fingerprint density at radius 2 is 2.00 bits per heavy atom. The first-order chi connectivity index (χ1) is 8.47. The normalized spacial score (nSPS) is 18.3. The molecule has 4 nitrogen and oxygen atoms in total. The molecule has 1 aromatic rings. The largest absolute Gasteiger partial charge is 0.507 e. The van der Waals surface area contributed by atoms with Gasteiger partial charge in [-0.3, -0.25) is 0 Å². The fraction of sp³-hybridized carbons (Fsp3) is 0.538. The Morgan fingerprint density at radius 3 is 2.39 bits per heavy atom. The summed E-state index contributed by atoms with van der Waals surface area (Å²) in [6.45, 7) is 1.93. The fourth-order valence-corrected chi connectivity index (χ4v) is 2.93. The molecule has 1 fully saturated rings. The van der Waals surface area contributed by atoms with E-state index in [9.17, 15) is 5.11 Å². The van der Waals surface area contributed by atoms with E-state index in [-0.39, 0.29) is 17.2 Å². The van der Waals surface area contributed by atoms with Gasteiger partial charge in [-0.2, -0.15) is 0 Å². The Kier molecular flexibility index (Phi) is 3.34. The Balaban J connectivity index is 2.62. The number of halogens is 1. The Bertz CT molecular complexity index is 470. The molecule has 1 aromatic carbocycles. The van der Waals surface area contributed by atoms with Gasteiger partial charge in [0.05, 0.1) is 19.2 Å². The topological polar surface area (TPSA) is 64.7 Å². The summed E-state index contributed by atoms with van der Waals surface area (Å²) in [6.07, 6.45) is 1.85. The maximum absolute atomic E-state index is 10.2. The number of nitrogens with two attached hydrogens (primary N) is 1. The molecule has 0 bridgehead atoms. The highest BCUT2D eigenvalue weighted by Gasteiger charge is 2.51. The van der Waals surface area contributed by atoms with Gasteiger partial charge in [-0.25, -0.2) is 0 Å². The summed E-state index contributed by atoms with van der Waals surface area (Å²) in [6, 6.07) is 1.46. The highest BCUT2D eigenvalue weighted by molar-refractivity contribution is 6.33. The number of phenols is 1. The molecule has 0 heterocycles. The van der Waals surface area contributed by atoms with Crippen LogP contribution >= 0.6 is 11.6 Å². The van der Waals surface area contributed by atoms with Gasteiger partial charge in [0.25, 0.3) is 0 Å². The summed E-state index contributed by atoms with van der Waals surface area (Å²) < 4.78 is 10.4. The van der Waals surface area contributed by atoms with E-state index in [1.54, 1.807) is 0 Å². The van der Waals surface area contributed by atoms with Crippen molar-refractivity contribution < 1.29 is 14.6 Å². The molecule has 100 valence electrons. The molecule has 1 unspecified atom stereocenters. The van der Waals surface area contributed by atoms with Crippen LogP contribution in [0.2, 0.25) is 5.02 Å². The first kappa shape index (κ1) is 13.3. The average molecular weight is 272 g/mol. The molecule has 1 saturated carbocycles. The lowest BCUT2D eigenvalue weighted by Crippen LogP contribution is -2.32. The van der Waals surface area contributed by atoms with Crippen LogP contribution in [0.4, 0.5) is 0 Å². The second-order valence-electron chi connectivity index (χ2n) is 4.76. The summed E-state index contributed by atoms with van der Waals surface area (Å²) >= 11 is 6.35. The van der Waals surface area contributed by atoms with Crippen LogP contribution in [0.25, 0.3) is 0 Å². The number of hydrogen-bond acceptors (Lipinski definition) is 4. The standard InChI is InChI=1S/C13H18ClNO3/c1-7(15)13(4-5-13)10-8(16)6-9(17-2)12(18-3)11(10)14/h6-7,16H,4-5,15H2,1-3H3. The van der Waals surface area contributed by atoms with Crippen LogP contribution in [-0.4, -0.2) is 25.4 Å². The Hall–Kier alpha value is -1.13. The minimum Gasteiger partial charge on any atom is -0.507 e. The van der Waals surface area contributed by atoms with E-state index in [1.165, 1.54) is 20.3 Å². The first-order valence-electron chi connectivity index (χ1n) is 5.87. The quantitative estimate of drug-likeness (QED) is 0.883. The van der Waals surface area contributed by atoms with Gasteiger partial charge in [-0.15, -0.1) is 0 Å². The van der Waals surface area contributed by atoms with Crippen molar-refractivity contribution in [1.29, 1.82) is 0 Å². The molecule has 18 heavy (non-hydrogen) atoms. The molecule has 3 N–H and O–H groups in total. The number of hydrogen-bond donors (Lipinski definition) is 2. The van der Waals surface area contributed by atoms with Crippen LogP contribution in [0.15, 0.2) is 6.07 Å². The molecule has 0 spiro atoms. The molecular weight excluding hydrogens is 254 g/mol. The Morgan fingerprint density at radius 1 is 1.39 bits per heavy atom. The van der Waals surface area contributed by atoms with E-state index >= 15 is 0 Å². The minimum atomic E-state index is -0.235. The van der Waals surface area contributed by atoms with E-state index in [0.29, 0.717) is 22.1 Å². The summed E-state index contributed by atoms with van der Waals surface area (Å²) in [5.74, 6) is 0.982. The zero-order valence-electron chi connectivity index (χ0n) is 10.8. The number of phenolic OH excluding ortho intramolecular Hbond substituents is 1. The number of benzene rings is 1. The van der Waals surface area contributed by atoms with Crippen LogP contribution in [0.5, 0.6) is 17.2 Å². The van der Waals surface area contributed by atoms with Gasteiger partial charge in [-0.05, 0) is 19.8 Å². The van der Waals surface area contributed by atoms with Gasteiger partial charge in [0.2, 0.25) is 0 Å². The van der Waals surface area contributed by atoms with Gasteiger partial charge in [0.15, 0.2) is 11.5 Å². The summed E-state index contributed by atoms with van der Waals surface area (Å²) in [5.41, 5.74) is 6.46. The predicted molar refractivity (Wildman–Crippen MR) is 70.8 cm³/mol. The number of methoxy groups -OCH3 is 2. The molecular formula is C13H18ClNO3. The maximum Gasteiger partial charge on any atom is 0.179 e. The SMILES string of the molecule is COc1cc(O)c(C2(C(C)N)CC2)c(Cl)c1OC. The molecule has 1 aliphatic carbocycles. The molecule has 0 saturated heterocycles. The van der Waals surface area contributed by atoms with Crippen molar-refractivity contribution >= 4 is 11.6 Å². The van der Waals surface area contributed by atoms with Crippen molar-refractivity contribution in [2.24, 2.45) is 5.73 Å². The fourth-order valence-electron chi connectivity index (χ4n) is 2.48. The van der Waals surface area contributed by atoms with Gasteiger partial charge >= 0.3 is 0 Å². The molecule has 5 heteroatoms. The summed E-state index contributed by atoms with van der Waals surface area (Å²) in [7, 11) is 3.03. The van der Waals surface area contributed by atoms with Crippen LogP contribution in [0.1, 0.15) is 25.3 Å². The zero-order valence-corrected chi connectivity index (χ0v) is 11.5. The Labute approximate surface area is 112 Å². The average Bonchev–Trinajstić information content (AvgIpc) is 3.09. The molecule has 0 aliphatic heterocycles. The highest BCUT2D eigenvalue weighted by atomic mass is 35.5. The third-order valence-electron chi connectivity index (χ3n) is 3.75. The number of ether oxygens (including phenoxy) is 2. The van der Waals surface area contributed by atoms with Gasteiger partial charge in [-0.1, -0.05) is 11.6 Å². The maximum atomic E-state index is 10.2. The van der Waals surface area contributed by atoms with Crippen molar-refractivity contribution in [3.8, 4) is 17.2 Å². The molecule has 0 radical (unpaired) electrons. The van der Waals surface area contributed by atoms with E-state index in [0.717, 1.165) is 12.8 Å². The van der Waals surface area contributed by atoms with Crippen molar-refractivity contribution in [3.63, 3.8) is 0 Å². The third kappa shape index (κ3) is 1.80. The molecule has 2 rings (SSSR count). The van der Waals surface area contributed by atoms with Crippen molar-refractivity contribution in [2.75, 3.05) is 14.2 Å². The van der Waals surface area contributed by atoms with E-state index < -0.39 is 0 Å². The molecule has 0 aromatic heterocycles. The van der Waals surface area contributed by atoms with Crippen molar-refractivity contribution in [2.45, 2.75) is 31.2 Å². The van der Waals surface area contributed by atoms with Crippen LogP contribution in [0.3, 0.4) is 0 Å².